The maximum atomic E-state index is 12.1. The summed E-state index contributed by atoms with van der Waals surface area (Å²) in [7, 11) is 0. The lowest BCUT2D eigenvalue weighted by atomic mass is 10.1. The zero-order valence-electron chi connectivity index (χ0n) is 8.03. The van der Waals surface area contributed by atoms with Gasteiger partial charge in [-0.3, -0.25) is 9.78 Å². The van der Waals surface area contributed by atoms with Gasteiger partial charge in [0, 0.05) is 10.7 Å². The molecule has 2 heterocycles. The monoisotopic (exact) mass is 281 g/mol. The molecule has 0 saturated heterocycles. The lowest BCUT2D eigenvalue weighted by Crippen LogP contribution is -2.04. The molecule has 15 heavy (non-hydrogen) atoms. The quantitative estimate of drug-likeness (QED) is 0.790. The van der Waals surface area contributed by atoms with Gasteiger partial charge in [0.05, 0.1) is 4.88 Å². The lowest BCUT2D eigenvalue weighted by molar-refractivity contribution is 0.103. The van der Waals surface area contributed by atoms with Crippen LogP contribution in [0.15, 0.2) is 34.2 Å². The highest BCUT2D eigenvalue weighted by molar-refractivity contribution is 9.10. The number of hydrogen-bond acceptors (Lipinski definition) is 3. The third-order valence-corrected chi connectivity index (χ3v) is 3.70. The number of thiophene rings is 1. The normalized spacial score (nSPS) is 10.3. The Morgan fingerprint density at radius 3 is 2.87 bits per heavy atom. The van der Waals surface area contributed by atoms with Gasteiger partial charge in [0.15, 0.2) is 0 Å². The van der Waals surface area contributed by atoms with Gasteiger partial charge in [-0.05, 0) is 52.0 Å². The number of aryl methyl sites for hydroxylation is 1. The van der Waals surface area contributed by atoms with Crippen molar-refractivity contribution in [1.29, 1.82) is 0 Å². The van der Waals surface area contributed by atoms with Crippen LogP contribution in [0, 0.1) is 6.92 Å². The van der Waals surface area contributed by atoms with Crippen LogP contribution in [0.1, 0.15) is 20.9 Å². The van der Waals surface area contributed by atoms with Crippen molar-refractivity contribution in [2.75, 3.05) is 0 Å². The van der Waals surface area contributed by atoms with Gasteiger partial charge >= 0.3 is 0 Å². The number of hydrogen-bond donors (Lipinski definition) is 0. The Hall–Kier alpha value is -1.00. The summed E-state index contributed by atoms with van der Waals surface area (Å²) in [6, 6.07) is 5.56. The molecule has 0 spiro atoms. The molecular weight excluding hydrogens is 274 g/mol. The number of carbonyl (C=O) groups excluding carboxylic acids is 1. The highest BCUT2D eigenvalue weighted by atomic mass is 79.9. The molecule has 0 N–H and O–H groups in total. The Morgan fingerprint density at radius 1 is 1.47 bits per heavy atom. The van der Waals surface area contributed by atoms with Crippen molar-refractivity contribution < 1.29 is 4.79 Å². The summed E-state index contributed by atoms with van der Waals surface area (Å²) in [6.07, 6.45) is 1.63. The predicted molar refractivity (Wildman–Crippen MR) is 64.4 cm³/mol. The fraction of sp³-hybridized carbons (Fsp3) is 0.0909. The molecule has 2 aromatic heterocycles. The smallest absolute Gasteiger partial charge is 0.222 e. The van der Waals surface area contributed by atoms with E-state index in [2.05, 4.69) is 20.9 Å². The van der Waals surface area contributed by atoms with Crippen molar-refractivity contribution in [2.24, 2.45) is 0 Å². The molecule has 0 aliphatic heterocycles. The van der Waals surface area contributed by atoms with Crippen LogP contribution in [0.3, 0.4) is 0 Å². The molecule has 0 atom stereocenters. The third-order valence-electron chi connectivity index (χ3n) is 2.04. The van der Waals surface area contributed by atoms with Crippen molar-refractivity contribution >= 4 is 33.0 Å². The fourth-order valence-corrected chi connectivity index (χ4v) is 2.57. The van der Waals surface area contributed by atoms with Crippen LogP contribution in [-0.2, 0) is 0 Å². The van der Waals surface area contributed by atoms with Crippen molar-refractivity contribution in [1.82, 2.24) is 4.98 Å². The molecule has 76 valence electrons. The molecule has 0 radical (unpaired) electrons. The summed E-state index contributed by atoms with van der Waals surface area (Å²) in [4.78, 5) is 16.9. The number of rotatable bonds is 2. The molecule has 2 aromatic rings. The molecule has 4 heteroatoms. The summed E-state index contributed by atoms with van der Waals surface area (Å²) in [5, 5.41) is 1.92. The van der Waals surface area contributed by atoms with Gasteiger partial charge in [-0.15, -0.1) is 11.3 Å². The minimum Gasteiger partial charge on any atom is -0.286 e. The third kappa shape index (κ3) is 2.01. The largest absolute Gasteiger partial charge is 0.286 e. The second-order valence-electron chi connectivity index (χ2n) is 3.10. The minimum absolute atomic E-state index is 0.0185. The molecule has 0 unspecified atom stereocenters. The zero-order chi connectivity index (χ0) is 10.8. The average Bonchev–Trinajstić information content (AvgIpc) is 2.64. The van der Waals surface area contributed by atoms with Crippen molar-refractivity contribution in [3.05, 3.63) is 50.4 Å². The van der Waals surface area contributed by atoms with E-state index in [1.807, 2.05) is 24.4 Å². The van der Waals surface area contributed by atoms with E-state index in [0.717, 1.165) is 14.9 Å². The number of aromatic nitrogens is 1. The van der Waals surface area contributed by atoms with E-state index in [4.69, 9.17) is 0 Å². The van der Waals surface area contributed by atoms with E-state index in [9.17, 15) is 4.79 Å². The molecular formula is C11H8BrNOS. The van der Waals surface area contributed by atoms with Crippen LogP contribution < -0.4 is 0 Å². The summed E-state index contributed by atoms with van der Waals surface area (Å²) in [6.45, 7) is 1.93. The molecule has 0 bridgehead atoms. The van der Waals surface area contributed by atoms with Crippen molar-refractivity contribution in [2.45, 2.75) is 6.92 Å². The molecule has 0 fully saturated rings. The van der Waals surface area contributed by atoms with Gasteiger partial charge in [0.25, 0.3) is 0 Å². The maximum absolute atomic E-state index is 12.1. The first-order chi connectivity index (χ1) is 7.20. The molecule has 2 rings (SSSR count). The second-order valence-corrected chi connectivity index (χ2v) is 4.87. The van der Waals surface area contributed by atoms with Crippen LogP contribution in [0.4, 0.5) is 0 Å². The average molecular weight is 282 g/mol. The van der Waals surface area contributed by atoms with E-state index in [-0.39, 0.29) is 5.78 Å². The Labute approximate surface area is 100 Å². The Kier molecular flexibility index (Phi) is 2.98. The highest BCUT2D eigenvalue weighted by Gasteiger charge is 2.16. The van der Waals surface area contributed by atoms with E-state index < -0.39 is 0 Å². The molecule has 2 nitrogen and oxygen atoms in total. The van der Waals surface area contributed by atoms with E-state index in [1.165, 1.54) is 11.3 Å². The number of pyridine rings is 1. The van der Waals surface area contributed by atoms with Crippen LogP contribution in [-0.4, -0.2) is 10.8 Å². The maximum Gasteiger partial charge on any atom is 0.222 e. The van der Waals surface area contributed by atoms with Gasteiger partial charge in [-0.1, -0.05) is 0 Å². The number of nitrogens with zero attached hydrogens (tertiary/aromatic N) is 1. The van der Waals surface area contributed by atoms with Crippen LogP contribution in [0.2, 0.25) is 0 Å². The van der Waals surface area contributed by atoms with Gasteiger partial charge < -0.3 is 0 Å². The Balaban J connectivity index is 2.46. The number of halogens is 1. The van der Waals surface area contributed by atoms with Crippen molar-refractivity contribution in [3.8, 4) is 0 Å². The van der Waals surface area contributed by atoms with Crippen LogP contribution >= 0.6 is 27.3 Å². The number of ketones is 1. The van der Waals surface area contributed by atoms with Gasteiger partial charge in [-0.2, -0.15) is 0 Å². The second kappa shape index (κ2) is 4.24. The SMILES string of the molecule is Cc1ccsc1C(=O)c1ncccc1Br. The summed E-state index contributed by atoms with van der Waals surface area (Å²) in [5.41, 5.74) is 1.48. The van der Waals surface area contributed by atoms with Gasteiger partial charge in [0.2, 0.25) is 5.78 Å². The summed E-state index contributed by atoms with van der Waals surface area (Å²) in [5.74, 6) is -0.0185. The fourth-order valence-electron chi connectivity index (χ4n) is 1.27. The van der Waals surface area contributed by atoms with E-state index in [1.54, 1.807) is 12.3 Å². The first kappa shape index (κ1) is 10.5. The van der Waals surface area contributed by atoms with E-state index >= 15 is 0 Å². The molecule has 0 saturated carbocycles. The predicted octanol–water partition coefficient (Wildman–Crippen LogP) is 3.45. The Bertz CT molecular complexity index is 507. The van der Waals surface area contributed by atoms with Crippen LogP contribution in [0.5, 0.6) is 0 Å². The molecule has 0 aromatic carbocycles. The first-order valence-electron chi connectivity index (χ1n) is 4.39. The summed E-state index contributed by atoms with van der Waals surface area (Å²) < 4.78 is 0.739. The minimum atomic E-state index is -0.0185. The number of carbonyl (C=O) groups is 1. The standard InChI is InChI=1S/C11H8BrNOS/c1-7-4-6-15-11(7)10(14)9-8(12)3-2-5-13-9/h2-6H,1H3. The zero-order valence-corrected chi connectivity index (χ0v) is 10.4. The summed E-state index contributed by atoms with van der Waals surface area (Å²) >= 11 is 4.78. The Morgan fingerprint density at radius 2 is 2.27 bits per heavy atom. The van der Waals surface area contributed by atoms with E-state index in [0.29, 0.717) is 5.69 Å². The van der Waals surface area contributed by atoms with Gasteiger partial charge in [-0.25, -0.2) is 0 Å². The molecule has 0 amide bonds. The lowest BCUT2D eigenvalue weighted by Gasteiger charge is -2.00. The van der Waals surface area contributed by atoms with Crippen molar-refractivity contribution in [3.63, 3.8) is 0 Å². The molecule has 0 aliphatic rings. The molecule has 0 aliphatic carbocycles. The van der Waals surface area contributed by atoms with Crippen LogP contribution in [0.25, 0.3) is 0 Å². The topological polar surface area (TPSA) is 30.0 Å². The highest BCUT2D eigenvalue weighted by Crippen LogP contribution is 2.22. The van der Waals surface area contributed by atoms with Gasteiger partial charge in [0.1, 0.15) is 5.69 Å². The first-order valence-corrected chi connectivity index (χ1v) is 6.06.